The van der Waals surface area contributed by atoms with E-state index in [2.05, 4.69) is 15.6 Å². The maximum absolute atomic E-state index is 13.0. The topological polar surface area (TPSA) is 113 Å². The summed E-state index contributed by atoms with van der Waals surface area (Å²) < 4.78 is 11.5. The molecule has 0 aliphatic carbocycles. The van der Waals surface area contributed by atoms with E-state index in [0.29, 0.717) is 31.1 Å². The van der Waals surface area contributed by atoms with Gasteiger partial charge in [-0.3, -0.25) is 14.5 Å². The standard InChI is InChI=1S/C27H30N4O5/c1-16(2)25(17-8-9-22-23(13-17)36-11-5-10-35-22)30-24(32)15-31-26(33)21(29-27(31)34)12-18-14-28-20-7-4-3-6-19(18)20/h3-4,6-9,13-14,16,21,25,28H,5,10-12,15H2,1-2H3,(H,29,34)(H,30,32)/t21-,25-/m1/s1. The summed E-state index contributed by atoms with van der Waals surface area (Å²) in [6, 6.07) is 11.8. The maximum Gasteiger partial charge on any atom is 0.325 e. The number of ether oxygens (including phenoxy) is 2. The number of carbonyl (C=O) groups excluding carboxylic acids is 3. The average Bonchev–Trinajstić information content (AvgIpc) is 3.27. The van der Waals surface area contributed by atoms with Gasteiger partial charge in [-0.05, 0) is 35.2 Å². The Bertz CT molecular complexity index is 1300. The minimum atomic E-state index is -0.716. The first-order chi connectivity index (χ1) is 17.4. The number of imide groups is 1. The average molecular weight is 491 g/mol. The second-order valence-corrected chi connectivity index (χ2v) is 9.54. The molecule has 5 rings (SSSR count). The highest BCUT2D eigenvalue weighted by atomic mass is 16.5. The van der Waals surface area contributed by atoms with Crippen molar-refractivity contribution in [1.82, 2.24) is 20.5 Å². The van der Waals surface area contributed by atoms with Gasteiger partial charge in [0, 0.05) is 29.9 Å². The zero-order valence-electron chi connectivity index (χ0n) is 20.4. The highest BCUT2D eigenvalue weighted by molar-refractivity contribution is 6.06. The van der Waals surface area contributed by atoms with E-state index in [1.54, 1.807) is 0 Å². The number of amides is 4. The summed E-state index contributed by atoms with van der Waals surface area (Å²) in [7, 11) is 0. The normalized spacial score (nSPS) is 18.3. The molecule has 1 aromatic heterocycles. The van der Waals surface area contributed by atoms with Crippen molar-refractivity contribution in [2.75, 3.05) is 19.8 Å². The molecule has 2 atom stereocenters. The molecule has 0 spiro atoms. The van der Waals surface area contributed by atoms with Crippen LogP contribution in [-0.2, 0) is 16.0 Å². The number of aromatic amines is 1. The minimum Gasteiger partial charge on any atom is -0.490 e. The van der Waals surface area contributed by atoms with Crippen molar-refractivity contribution in [1.29, 1.82) is 0 Å². The molecule has 2 aromatic carbocycles. The van der Waals surface area contributed by atoms with E-state index in [4.69, 9.17) is 9.47 Å². The Morgan fingerprint density at radius 2 is 1.89 bits per heavy atom. The molecule has 1 fully saturated rings. The van der Waals surface area contributed by atoms with Crippen LogP contribution >= 0.6 is 0 Å². The van der Waals surface area contributed by atoms with Crippen molar-refractivity contribution in [3.63, 3.8) is 0 Å². The molecular weight excluding hydrogens is 460 g/mol. The summed E-state index contributed by atoms with van der Waals surface area (Å²) in [6.07, 6.45) is 3.00. The predicted molar refractivity (Wildman–Crippen MR) is 134 cm³/mol. The lowest BCUT2D eigenvalue weighted by Gasteiger charge is -2.25. The number of fused-ring (bicyclic) bond motifs is 2. The minimum absolute atomic E-state index is 0.0661. The summed E-state index contributed by atoms with van der Waals surface area (Å²) in [5.41, 5.74) is 2.77. The maximum atomic E-state index is 13.0. The van der Waals surface area contributed by atoms with Gasteiger partial charge in [-0.2, -0.15) is 0 Å². The van der Waals surface area contributed by atoms with Gasteiger partial charge < -0.3 is 25.1 Å². The van der Waals surface area contributed by atoms with Crippen LogP contribution < -0.4 is 20.1 Å². The van der Waals surface area contributed by atoms with Gasteiger partial charge >= 0.3 is 6.03 Å². The second-order valence-electron chi connectivity index (χ2n) is 9.54. The van der Waals surface area contributed by atoms with E-state index in [-0.39, 0.29) is 18.5 Å². The summed E-state index contributed by atoms with van der Waals surface area (Å²) in [5, 5.41) is 6.72. The Kier molecular flexibility index (Phi) is 6.54. The lowest BCUT2D eigenvalue weighted by molar-refractivity contribution is -0.132. The van der Waals surface area contributed by atoms with Crippen molar-refractivity contribution >= 4 is 28.7 Å². The molecule has 9 heteroatoms. The number of aromatic nitrogens is 1. The molecule has 3 heterocycles. The number of urea groups is 1. The van der Waals surface area contributed by atoms with Crippen LogP contribution in [0.2, 0.25) is 0 Å². The predicted octanol–water partition coefficient (Wildman–Crippen LogP) is 3.31. The lowest BCUT2D eigenvalue weighted by Crippen LogP contribution is -2.43. The second kappa shape index (κ2) is 9.93. The van der Waals surface area contributed by atoms with Gasteiger partial charge in [-0.1, -0.05) is 38.1 Å². The third kappa shape index (κ3) is 4.73. The fourth-order valence-electron chi connectivity index (χ4n) is 4.76. The van der Waals surface area contributed by atoms with Gasteiger partial charge in [0.1, 0.15) is 12.6 Å². The molecule has 4 amide bonds. The molecular formula is C27H30N4O5. The van der Waals surface area contributed by atoms with E-state index in [1.807, 2.05) is 62.5 Å². The highest BCUT2D eigenvalue weighted by Gasteiger charge is 2.39. The van der Waals surface area contributed by atoms with Gasteiger partial charge in [0.15, 0.2) is 11.5 Å². The summed E-state index contributed by atoms with van der Waals surface area (Å²) in [4.78, 5) is 42.7. The van der Waals surface area contributed by atoms with Crippen LogP contribution in [0.4, 0.5) is 4.79 Å². The van der Waals surface area contributed by atoms with Gasteiger partial charge in [-0.25, -0.2) is 4.79 Å². The van der Waals surface area contributed by atoms with E-state index >= 15 is 0 Å². The number of nitrogens with one attached hydrogen (secondary N) is 3. The Balaban J connectivity index is 1.25. The van der Waals surface area contributed by atoms with Crippen molar-refractivity contribution in [2.24, 2.45) is 5.92 Å². The van der Waals surface area contributed by atoms with Gasteiger partial charge in [-0.15, -0.1) is 0 Å². The molecule has 3 N–H and O–H groups in total. The molecule has 188 valence electrons. The molecule has 0 bridgehead atoms. The Hall–Kier alpha value is -4.01. The summed E-state index contributed by atoms with van der Waals surface area (Å²) >= 11 is 0. The number of H-pyrrole nitrogens is 1. The molecule has 9 nitrogen and oxygen atoms in total. The largest absolute Gasteiger partial charge is 0.490 e. The summed E-state index contributed by atoms with van der Waals surface area (Å²) in [6.45, 7) is 4.83. The Labute approximate surface area is 209 Å². The van der Waals surface area contributed by atoms with Gasteiger partial charge in [0.2, 0.25) is 5.91 Å². The molecule has 0 saturated carbocycles. The highest BCUT2D eigenvalue weighted by Crippen LogP contribution is 2.34. The smallest absolute Gasteiger partial charge is 0.325 e. The van der Waals surface area contributed by atoms with Crippen molar-refractivity contribution < 1.29 is 23.9 Å². The number of nitrogens with zero attached hydrogens (tertiary/aromatic N) is 1. The molecule has 1 saturated heterocycles. The molecule has 2 aliphatic rings. The van der Waals surface area contributed by atoms with Gasteiger partial charge in [0.25, 0.3) is 5.91 Å². The van der Waals surface area contributed by atoms with Crippen LogP contribution in [0, 0.1) is 5.92 Å². The SMILES string of the molecule is CC(C)[C@@H](NC(=O)CN1C(=O)N[C@H](Cc2c[nH]c3ccccc23)C1=O)c1ccc2c(c1)OCCCO2. The third-order valence-electron chi connectivity index (χ3n) is 6.62. The first-order valence-corrected chi connectivity index (χ1v) is 12.3. The fraction of sp³-hybridized carbons (Fsp3) is 0.370. The molecule has 3 aromatic rings. The lowest BCUT2D eigenvalue weighted by atomic mass is 9.95. The molecule has 0 radical (unpaired) electrons. The van der Waals surface area contributed by atoms with Crippen LogP contribution in [-0.4, -0.2) is 53.5 Å². The van der Waals surface area contributed by atoms with Gasteiger partial charge in [0.05, 0.1) is 19.3 Å². The number of benzene rings is 2. The van der Waals surface area contributed by atoms with Crippen LogP contribution in [0.1, 0.15) is 37.4 Å². The molecule has 36 heavy (non-hydrogen) atoms. The van der Waals surface area contributed by atoms with Crippen molar-refractivity contribution in [3.8, 4) is 11.5 Å². The Morgan fingerprint density at radius 1 is 1.11 bits per heavy atom. The van der Waals surface area contributed by atoms with Crippen LogP contribution in [0.15, 0.2) is 48.7 Å². The van der Waals surface area contributed by atoms with Crippen LogP contribution in [0.3, 0.4) is 0 Å². The number of hydrogen-bond donors (Lipinski definition) is 3. The molecule has 2 aliphatic heterocycles. The van der Waals surface area contributed by atoms with E-state index in [0.717, 1.165) is 33.4 Å². The quantitative estimate of drug-likeness (QED) is 0.440. The monoisotopic (exact) mass is 490 g/mol. The zero-order chi connectivity index (χ0) is 25.2. The van der Waals surface area contributed by atoms with Crippen molar-refractivity contribution in [3.05, 3.63) is 59.8 Å². The van der Waals surface area contributed by atoms with E-state index in [9.17, 15) is 14.4 Å². The summed E-state index contributed by atoms with van der Waals surface area (Å²) in [5.74, 6) is 0.593. The van der Waals surface area contributed by atoms with E-state index < -0.39 is 23.9 Å². The Morgan fingerprint density at radius 3 is 2.69 bits per heavy atom. The fourth-order valence-corrected chi connectivity index (χ4v) is 4.76. The molecule has 0 unspecified atom stereocenters. The zero-order valence-corrected chi connectivity index (χ0v) is 20.4. The number of hydrogen-bond acceptors (Lipinski definition) is 5. The third-order valence-corrected chi connectivity index (χ3v) is 6.62. The van der Waals surface area contributed by atoms with Crippen LogP contribution in [0.5, 0.6) is 11.5 Å². The van der Waals surface area contributed by atoms with E-state index in [1.165, 1.54) is 0 Å². The first-order valence-electron chi connectivity index (χ1n) is 12.3. The first kappa shape index (κ1) is 23.7. The number of rotatable bonds is 7. The number of carbonyl (C=O) groups is 3. The van der Waals surface area contributed by atoms with Crippen molar-refractivity contribution in [2.45, 2.75) is 38.8 Å². The number of para-hydroxylation sites is 1. The van der Waals surface area contributed by atoms with Crippen LogP contribution in [0.25, 0.3) is 10.9 Å².